The van der Waals surface area contributed by atoms with Gasteiger partial charge in [-0.15, -0.1) is 6.58 Å². The summed E-state index contributed by atoms with van der Waals surface area (Å²) in [5.74, 6) is 1.62. The van der Waals surface area contributed by atoms with E-state index >= 15 is 0 Å². The number of rotatable bonds is 10. The van der Waals surface area contributed by atoms with E-state index in [2.05, 4.69) is 31.8 Å². The number of allylic oxidation sites excluding steroid dienone is 1. The average Bonchev–Trinajstić information content (AvgIpc) is 2.47. The Morgan fingerprint density at radius 2 is 2.15 bits per heavy atom. The minimum absolute atomic E-state index is 0.697. The maximum atomic E-state index is 5.81. The molecule has 0 aliphatic heterocycles. The maximum Gasteiger partial charge on any atom is 0.161 e. The van der Waals surface area contributed by atoms with E-state index < -0.39 is 0 Å². The quantitative estimate of drug-likeness (QED) is 0.527. The largest absolute Gasteiger partial charge is 0.493 e. The molecule has 0 saturated heterocycles. The van der Waals surface area contributed by atoms with E-state index in [9.17, 15) is 0 Å². The van der Waals surface area contributed by atoms with Gasteiger partial charge in [-0.3, -0.25) is 0 Å². The van der Waals surface area contributed by atoms with Crippen molar-refractivity contribution >= 4 is 0 Å². The lowest BCUT2D eigenvalue weighted by atomic mass is 10.1. The van der Waals surface area contributed by atoms with Crippen molar-refractivity contribution < 1.29 is 14.8 Å². The number of methoxy groups -OCH3 is 1. The van der Waals surface area contributed by atoms with Gasteiger partial charge in [-0.1, -0.05) is 19.1 Å². The van der Waals surface area contributed by atoms with E-state index in [0.29, 0.717) is 6.04 Å². The first kappa shape index (κ1) is 16.6. The number of nitrogens with two attached hydrogens (primary N) is 1. The van der Waals surface area contributed by atoms with Crippen molar-refractivity contribution in [2.24, 2.45) is 0 Å². The Morgan fingerprint density at radius 3 is 2.80 bits per heavy atom. The van der Waals surface area contributed by atoms with E-state index in [1.165, 1.54) is 12.0 Å². The zero-order chi connectivity index (χ0) is 14.8. The molecule has 3 heteroatoms. The van der Waals surface area contributed by atoms with Crippen LogP contribution in [0.2, 0.25) is 0 Å². The molecule has 20 heavy (non-hydrogen) atoms. The smallest absolute Gasteiger partial charge is 0.161 e. The lowest BCUT2D eigenvalue weighted by molar-refractivity contribution is -0.686. The Balaban J connectivity index is 2.41. The van der Waals surface area contributed by atoms with Crippen LogP contribution in [0.15, 0.2) is 30.9 Å². The van der Waals surface area contributed by atoms with Crippen molar-refractivity contribution in [3.8, 4) is 11.5 Å². The third kappa shape index (κ3) is 5.66. The van der Waals surface area contributed by atoms with Gasteiger partial charge in [-0.25, -0.2) is 0 Å². The normalized spacial score (nSPS) is 11.9. The van der Waals surface area contributed by atoms with Crippen LogP contribution < -0.4 is 14.8 Å². The van der Waals surface area contributed by atoms with Crippen LogP contribution in [0.25, 0.3) is 0 Å². The summed E-state index contributed by atoms with van der Waals surface area (Å²) >= 11 is 0. The third-order valence-corrected chi connectivity index (χ3v) is 3.43. The molecule has 0 bridgehead atoms. The highest BCUT2D eigenvalue weighted by Crippen LogP contribution is 2.28. The monoisotopic (exact) mass is 278 g/mol. The number of ether oxygens (including phenoxy) is 2. The van der Waals surface area contributed by atoms with E-state index in [0.717, 1.165) is 37.5 Å². The molecule has 0 radical (unpaired) electrons. The predicted molar refractivity (Wildman–Crippen MR) is 83.6 cm³/mol. The van der Waals surface area contributed by atoms with E-state index in [1.807, 2.05) is 18.2 Å². The Morgan fingerprint density at radius 1 is 1.35 bits per heavy atom. The first-order chi connectivity index (χ1) is 9.71. The summed E-state index contributed by atoms with van der Waals surface area (Å²) in [6, 6.07) is 6.76. The van der Waals surface area contributed by atoms with Gasteiger partial charge in [0.05, 0.1) is 26.3 Å². The second-order valence-corrected chi connectivity index (χ2v) is 5.09. The van der Waals surface area contributed by atoms with Crippen LogP contribution in [0, 0.1) is 0 Å². The van der Waals surface area contributed by atoms with Gasteiger partial charge in [-0.05, 0) is 37.5 Å². The molecule has 0 heterocycles. The number of benzene rings is 1. The summed E-state index contributed by atoms with van der Waals surface area (Å²) in [7, 11) is 1.68. The molecular formula is C17H28NO2+. The van der Waals surface area contributed by atoms with Crippen molar-refractivity contribution in [1.29, 1.82) is 0 Å². The summed E-state index contributed by atoms with van der Waals surface area (Å²) in [5.41, 5.74) is 1.19. The first-order valence-electron chi connectivity index (χ1n) is 7.45. The highest BCUT2D eigenvalue weighted by molar-refractivity contribution is 5.43. The Kier molecular flexibility index (Phi) is 7.81. The van der Waals surface area contributed by atoms with Gasteiger partial charge in [0.2, 0.25) is 0 Å². The van der Waals surface area contributed by atoms with Crippen molar-refractivity contribution in [2.75, 3.05) is 20.3 Å². The summed E-state index contributed by atoms with van der Waals surface area (Å²) < 4.78 is 11.2. The van der Waals surface area contributed by atoms with Gasteiger partial charge < -0.3 is 14.8 Å². The molecule has 3 nitrogen and oxygen atoms in total. The zero-order valence-corrected chi connectivity index (χ0v) is 13.0. The highest BCUT2D eigenvalue weighted by Gasteiger charge is 2.06. The van der Waals surface area contributed by atoms with Gasteiger partial charge in [-0.2, -0.15) is 0 Å². The van der Waals surface area contributed by atoms with Crippen molar-refractivity contribution in [3.05, 3.63) is 36.4 Å². The zero-order valence-electron chi connectivity index (χ0n) is 13.0. The molecule has 0 amide bonds. The van der Waals surface area contributed by atoms with E-state index in [1.54, 1.807) is 7.11 Å². The number of quaternary nitrogens is 1. The molecule has 1 aromatic carbocycles. The van der Waals surface area contributed by atoms with Crippen molar-refractivity contribution in [3.63, 3.8) is 0 Å². The number of hydrogen-bond donors (Lipinski definition) is 1. The van der Waals surface area contributed by atoms with E-state index in [4.69, 9.17) is 9.47 Å². The second-order valence-electron chi connectivity index (χ2n) is 5.09. The van der Waals surface area contributed by atoms with Crippen LogP contribution in [0.4, 0.5) is 0 Å². The van der Waals surface area contributed by atoms with Gasteiger partial charge >= 0.3 is 0 Å². The fraction of sp³-hybridized carbons (Fsp3) is 0.529. The maximum absolute atomic E-state index is 5.81. The SMILES string of the molecule is C=CCc1ccc(OCCC[NH2+][C@@H](C)CC)c(OC)c1. The standard InChI is InChI=1S/C17H27NO2/c1-5-8-15-9-10-16(17(13-15)19-4)20-12-7-11-18-14(3)6-2/h5,9-10,13-14,18H,1,6-8,11-12H2,2-4H3/p+1/t14-/m0/s1. The predicted octanol–water partition coefficient (Wildman–Crippen LogP) is 2.55. The molecule has 0 unspecified atom stereocenters. The first-order valence-corrected chi connectivity index (χ1v) is 7.45. The second kappa shape index (κ2) is 9.43. The van der Waals surface area contributed by atoms with Crippen molar-refractivity contribution in [1.82, 2.24) is 0 Å². The minimum atomic E-state index is 0.697. The van der Waals surface area contributed by atoms with Crippen LogP contribution in [0.3, 0.4) is 0 Å². The summed E-state index contributed by atoms with van der Waals surface area (Å²) in [5, 5.41) is 2.37. The average molecular weight is 278 g/mol. The molecule has 112 valence electrons. The van der Waals surface area contributed by atoms with Crippen LogP contribution in [0.5, 0.6) is 11.5 Å². The molecule has 0 spiro atoms. The molecule has 0 aliphatic carbocycles. The van der Waals surface area contributed by atoms with Crippen molar-refractivity contribution in [2.45, 2.75) is 39.2 Å². The lowest BCUT2D eigenvalue weighted by Gasteiger charge is -2.12. The number of hydrogen-bond acceptors (Lipinski definition) is 2. The van der Waals surface area contributed by atoms with Gasteiger partial charge in [0.15, 0.2) is 11.5 Å². The summed E-state index contributed by atoms with van der Waals surface area (Å²) in [4.78, 5) is 0. The molecule has 2 N–H and O–H groups in total. The molecular weight excluding hydrogens is 250 g/mol. The fourth-order valence-corrected chi connectivity index (χ4v) is 1.96. The molecule has 1 atom stereocenters. The van der Waals surface area contributed by atoms with Gasteiger partial charge in [0, 0.05) is 6.42 Å². The molecule has 0 saturated carbocycles. The minimum Gasteiger partial charge on any atom is -0.493 e. The van der Waals surface area contributed by atoms with Gasteiger partial charge in [0.25, 0.3) is 0 Å². The van der Waals surface area contributed by atoms with Crippen LogP contribution in [0.1, 0.15) is 32.3 Å². The highest BCUT2D eigenvalue weighted by atomic mass is 16.5. The molecule has 0 aliphatic rings. The van der Waals surface area contributed by atoms with E-state index in [-0.39, 0.29) is 0 Å². The van der Waals surface area contributed by atoms with Crippen LogP contribution >= 0.6 is 0 Å². The van der Waals surface area contributed by atoms with Crippen LogP contribution in [-0.2, 0) is 6.42 Å². The fourth-order valence-electron chi connectivity index (χ4n) is 1.96. The Bertz CT molecular complexity index is 404. The molecule has 0 aromatic heterocycles. The topological polar surface area (TPSA) is 35.1 Å². The summed E-state index contributed by atoms with van der Waals surface area (Å²) in [6.45, 7) is 10.0. The Hall–Kier alpha value is -1.48. The van der Waals surface area contributed by atoms with Gasteiger partial charge in [0.1, 0.15) is 0 Å². The molecule has 0 fully saturated rings. The molecule has 1 aromatic rings. The Labute approximate surface area is 123 Å². The van der Waals surface area contributed by atoms with Crippen LogP contribution in [-0.4, -0.2) is 26.3 Å². The lowest BCUT2D eigenvalue weighted by Crippen LogP contribution is -2.89. The third-order valence-electron chi connectivity index (χ3n) is 3.43. The summed E-state index contributed by atoms with van der Waals surface area (Å²) in [6.07, 6.45) is 4.99. The molecule has 1 rings (SSSR count).